The van der Waals surface area contributed by atoms with Gasteiger partial charge in [0, 0.05) is 17.0 Å². The molecule has 4 heteroatoms. The fraction of sp³-hybridized carbons (Fsp3) is 0.917. The Balaban J connectivity index is 2.51. The minimum atomic E-state index is -0.524. The highest BCUT2D eigenvalue weighted by atomic mass is 32.2. The van der Waals surface area contributed by atoms with Crippen molar-refractivity contribution in [1.82, 2.24) is 5.32 Å². The number of carbonyl (C=O) groups is 1. The van der Waals surface area contributed by atoms with Gasteiger partial charge in [-0.05, 0) is 26.2 Å². The topological polar surface area (TPSA) is 38.3 Å². The van der Waals surface area contributed by atoms with E-state index in [1.165, 1.54) is 20.0 Å². The quantitative estimate of drug-likeness (QED) is 0.698. The fourth-order valence-corrected chi connectivity index (χ4v) is 2.54. The minimum absolute atomic E-state index is 0.143. The van der Waals surface area contributed by atoms with Gasteiger partial charge in [0.15, 0.2) is 0 Å². The first-order valence-corrected chi connectivity index (χ1v) is 7.04. The van der Waals surface area contributed by atoms with Crippen LogP contribution in [0.3, 0.4) is 0 Å². The first kappa shape index (κ1) is 13.8. The van der Waals surface area contributed by atoms with Crippen molar-refractivity contribution in [3.05, 3.63) is 0 Å². The van der Waals surface area contributed by atoms with E-state index in [0.717, 1.165) is 12.2 Å². The van der Waals surface area contributed by atoms with Crippen LogP contribution in [0.5, 0.6) is 0 Å². The van der Waals surface area contributed by atoms with Gasteiger partial charge in [-0.15, -0.1) is 0 Å². The van der Waals surface area contributed by atoms with Gasteiger partial charge >= 0.3 is 5.97 Å². The number of hydrogen-bond donors (Lipinski definition) is 1. The van der Waals surface area contributed by atoms with Crippen LogP contribution >= 0.6 is 11.8 Å². The van der Waals surface area contributed by atoms with E-state index in [9.17, 15) is 4.79 Å². The molecule has 0 radical (unpaired) electrons. The molecule has 94 valence electrons. The van der Waals surface area contributed by atoms with Crippen molar-refractivity contribution in [2.75, 3.05) is 12.9 Å². The molecule has 0 aromatic heterocycles. The second-order valence-electron chi connectivity index (χ2n) is 4.77. The highest BCUT2D eigenvalue weighted by Gasteiger charge is 2.39. The van der Waals surface area contributed by atoms with Crippen LogP contribution in [0.1, 0.15) is 40.0 Å². The van der Waals surface area contributed by atoms with Crippen molar-refractivity contribution in [2.24, 2.45) is 0 Å². The SMILES string of the molecule is CCC(C)SCC(C)(NC1CC1)C(=O)OC. The second kappa shape index (κ2) is 5.92. The summed E-state index contributed by atoms with van der Waals surface area (Å²) < 4.78 is 4.90. The Morgan fingerprint density at radius 2 is 2.25 bits per heavy atom. The summed E-state index contributed by atoms with van der Waals surface area (Å²) in [5, 5.41) is 3.99. The van der Waals surface area contributed by atoms with Crippen molar-refractivity contribution < 1.29 is 9.53 Å². The Kier molecular flexibility index (Phi) is 5.12. The molecular weight excluding hydrogens is 222 g/mol. The van der Waals surface area contributed by atoms with Gasteiger partial charge in [0.2, 0.25) is 0 Å². The Hall–Kier alpha value is -0.220. The van der Waals surface area contributed by atoms with E-state index in [2.05, 4.69) is 19.2 Å². The third-order valence-corrected chi connectivity index (χ3v) is 4.61. The van der Waals surface area contributed by atoms with Crippen LogP contribution < -0.4 is 5.32 Å². The Morgan fingerprint density at radius 1 is 1.62 bits per heavy atom. The van der Waals surface area contributed by atoms with Gasteiger partial charge in [0.25, 0.3) is 0 Å². The van der Waals surface area contributed by atoms with Crippen LogP contribution in [0, 0.1) is 0 Å². The maximum absolute atomic E-state index is 11.8. The van der Waals surface area contributed by atoms with E-state index in [0.29, 0.717) is 11.3 Å². The standard InChI is InChI=1S/C12H23NO2S/c1-5-9(2)16-8-12(3,11(14)15-4)13-10-6-7-10/h9-10,13H,5-8H2,1-4H3. The summed E-state index contributed by atoms with van der Waals surface area (Å²) in [7, 11) is 1.46. The van der Waals surface area contributed by atoms with E-state index >= 15 is 0 Å². The molecular formula is C12H23NO2S. The molecule has 2 atom stereocenters. The summed E-state index contributed by atoms with van der Waals surface area (Å²) in [6.45, 7) is 6.31. The van der Waals surface area contributed by atoms with Crippen LogP contribution in [0.4, 0.5) is 0 Å². The van der Waals surface area contributed by atoms with Crippen LogP contribution in [0.15, 0.2) is 0 Å². The van der Waals surface area contributed by atoms with Crippen LogP contribution in [0.25, 0.3) is 0 Å². The van der Waals surface area contributed by atoms with Crippen molar-refractivity contribution >= 4 is 17.7 Å². The van der Waals surface area contributed by atoms with E-state index in [1.54, 1.807) is 0 Å². The number of ether oxygens (including phenoxy) is 1. The lowest BCUT2D eigenvalue weighted by Crippen LogP contribution is -2.53. The predicted molar refractivity (Wildman–Crippen MR) is 68.8 cm³/mol. The summed E-state index contributed by atoms with van der Waals surface area (Å²) in [6, 6.07) is 0.515. The summed E-state index contributed by atoms with van der Waals surface area (Å²) in [6.07, 6.45) is 3.49. The lowest BCUT2D eigenvalue weighted by atomic mass is 10.1. The molecule has 1 rings (SSSR count). The summed E-state index contributed by atoms with van der Waals surface area (Å²) in [5.74, 6) is 0.640. The Morgan fingerprint density at radius 3 is 2.69 bits per heavy atom. The highest BCUT2D eigenvalue weighted by Crippen LogP contribution is 2.27. The van der Waals surface area contributed by atoms with Crippen LogP contribution in [-0.4, -0.2) is 35.7 Å². The van der Waals surface area contributed by atoms with Gasteiger partial charge in [-0.1, -0.05) is 13.8 Å². The number of rotatable bonds is 7. The molecule has 0 spiro atoms. The first-order valence-electron chi connectivity index (χ1n) is 5.99. The third-order valence-electron chi connectivity index (χ3n) is 2.97. The molecule has 0 amide bonds. The summed E-state index contributed by atoms with van der Waals surface area (Å²) in [5.41, 5.74) is -0.524. The van der Waals surface area contributed by atoms with Crippen molar-refractivity contribution in [3.8, 4) is 0 Å². The molecule has 16 heavy (non-hydrogen) atoms. The average Bonchev–Trinajstić information content (AvgIpc) is 3.08. The zero-order chi connectivity index (χ0) is 12.2. The lowest BCUT2D eigenvalue weighted by Gasteiger charge is -2.28. The molecule has 0 aromatic rings. The molecule has 0 bridgehead atoms. The minimum Gasteiger partial charge on any atom is -0.468 e. The molecule has 0 aromatic carbocycles. The molecule has 1 fully saturated rings. The third kappa shape index (κ3) is 3.98. The largest absolute Gasteiger partial charge is 0.468 e. The molecule has 1 saturated carbocycles. The van der Waals surface area contributed by atoms with Crippen LogP contribution in [0.2, 0.25) is 0 Å². The zero-order valence-corrected chi connectivity index (χ0v) is 11.5. The molecule has 1 N–H and O–H groups in total. The lowest BCUT2D eigenvalue weighted by molar-refractivity contribution is -0.147. The van der Waals surface area contributed by atoms with Gasteiger partial charge in [-0.25, -0.2) is 0 Å². The van der Waals surface area contributed by atoms with E-state index < -0.39 is 5.54 Å². The number of carbonyl (C=O) groups excluding carboxylic acids is 1. The van der Waals surface area contributed by atoms with Crippen molar-refractivity contribution in [3.63, 3.8) is 0 Å². The molecule has 3 nitrogen and oxygen atoms in total. The van der Waals surface area contributed by atoms with Gasteiger partial charge in [0.1, 0.15) is 5.54 Å². The number of nitrogens with one attached hydrogen (secondary N) is 1. The molecule has 0 heterocycles. The molecule has 0 saturated heterocycles. The first-order chi connectivity index (χ1) is 7.51. The number of hydrogen-bond acceptors (Lipinski definition) is 4. The highest BCUT2D eigenvalue weighted by molar-refractivity contribution is 7.99. The smallest absolute Gasteiger partial charge is 0.326 e. The van der Waals surface area contributed by atoms with Crippen molar-refractivity contribution in [2.45, 2.75) is 56.9 Å². The number of esters is 1. The fourth-order valence-electron chi connectivity index (χ4n) is 1.49. The Labute approximate surface area is 103 Å². The second-order valence-corrected chi connectivity index (χ2v) is 6.20. The number of thioether (sulfide) groups is 1. The van der Waals surface area contributed by atoms with Gasteiger partial charge in [0.05, 0.1) is 7.11 Å². The Bertz CT molecular complexity index is 243. The molecule has 1 aliphatic carbocycles. The molecule has 0 aliphatic heterocycles. The van der Waals surface area contributed by atoms with E-state index in [1.807, 2.05) is 18.7 Å². The monoisotopic (exact) mass is 245 g/mol. The summed E-state index contributed by atoms with van der Waals surface area (Å²) in [4.78, 5) is 11.8. The maximum Gasteiger partial charge on any atom is 0.326 e. The average molecular weight is 245 g/mol. The van der Waals surface area contributed by atoms with Crippen molar-refractivity contribution in [1.29, 1.82) is 0 Å². The maximum atomic E-state index is 11.8. The normalized spacial score (nSPS) is 21.2. The predicted octanol–water partition coefficient (Wildman–Crippen LogP) is 2.20. The summed E-state index contributed by atoms with van der Waals surface area (Å²) >= 11 is 1.83. The van der Waals surface area contributed by atoms with Gasteiger partial charge in [-0.3, -0.25) is 10.1 Å². The van der Waals surface area contributed by atoms with E-state index in [-0.39, 0.29) is 5.97 Å². The van der Waals surface area contributed by atoms with E-state index in [4.69, 9.17) is 4.74 Å². The molecule has 1 aliphatic rings. The molecule has 2 unspecified atom stereocenters. The number of methoxy groups -OCH3 is 1. The van der Waals surface area contributed by atoms with Crippen LogP contribution in [-0.2, 0) is 9.53 Å². The zero-order valence-electron chi connectivity index (χ0n) is 10.7. The van der Waals surface area contributed by atoms with Gasteiger partial charge in [-0.2, -0.15) is 11.8 Å². The van der Waals surface area contributed by atoms with Gasteiger partial charge < -0.3 is 4.74 Å².